The Kier molecular flexibility index (Phi) is 4.16. The second-order valence-corrected chi connectivity index (χ2v) is 7.40. The van der Waals surface area contributed by atoms with E-state index in [9.17, 15) is 4.79 Å². The van der Waals surface area contributed by atoms with E-state index in [2.05, 4.69) is 21.9 Å². The van der Waals surface area contributed by atoms with Crippen molar-refractivity contribution in [1.82, 2.24) is 9.80 Å². The minimum absolute atomic E-state index is 0.0933. The third kappa shape index (κ3) is 2.98. The summed E-state index contributed by atoms with van der Waals surface area (Å²) in [4.78, 5) is 20.5. The molecule has 0 unspecified atom stereocenters. The fraction of sp³-hybridized carbons (Fsp3) is 0.579. The Balaban J connectivity index is 1.67. The predicted molar refractivity (Wildman–Crippen MR) is 90.4 cm³/mol. The smallest absolute Gasteiger partial charge is 0.288 e. The summed E-state index contributed by atoms with van der Waals surface area (Å²) < 4.78 is 0. The lowest BCUT2D eigenvalue weighted by atomic mass is 9.69. The van der Waals surface area contributed by atoms with Gasteiger partial charge in [-0.15, -0.1) is 0 Å². The number of likely N-dealkylation sites (tertiary alicyclic amines) is 1. The van der Waals surface area contributed by atoms with Gasteiger partial charge < -0.3 is 4.90 Å². The fourth-order valence-electron chi connectivity index (χ4n) is 4.10. The molecule has 122 valence electrons. The topological polar surface area (TPSA) is 27.9 Å². The second kappa shape index (κ2) is 5.98. The van der Waals surface area contributed by atoms with E-state index in [4.69, 9.17) is 6.57 Å². The molecule has 4 nitrogen and oxygen atoms in total. The molecule has 1 aromatic rings. The molecule has 23 heavy (non-hydrogen) atoms. The Bertz CT molecular complexity index is 609. The number of carbonyl (C=O) groups excluding carboxylic acids is 1. The predicted octanol–water partition coefficient (Wildman–Crippen LogP) is 3.16. The van der Waals surface area contributed by atoms with Gasteiger partial charge in [-0.1, -0.05) is 30.3 Å². The van der Waals surface area contributed by atoms with Crippen LogP contribution in [0.2, 0.25) is 0 Å². The zero-order valence-corrected chi connectivity index (χ0v) is 14.1. The first-order valence-corrected chi connectivity index (χ1v) is 8.36. The minimum Gasteiger partial charge on any atom is -0.338 e. The molecule has 1 saturated heterocycles. The largest absolute Gasteiger partial charge is 0.338 e. The van der Waals surface area contributed by atoms with E-state index in [1.165, 1.54) is 5.56 Å². The number of nitrogens with zero attached hydrogens (tertiary/aromatic N) is 3. The molecule has 2 fully saturated rings. The molecule has 0 bridgehead atoms. The summed E-state index contributed by atoms with van der Waals surface area (Å²) in [7, 11) is 4.00. The van der Waals surface area contributed by atoms with E-state index in [1.54, 1.807) is 0 Å². The number of amides is 1. The molecular formula is C19H25N3O. The van der Waals surface area contributed by atoms with Gasteiger partial charge in [0.05, 0.1) is 0 Å². The van der Waals surface area contributed by atoms with Crippen LogP contribution in [0.4, 0.5) is 0 Å². The summed E-state index contributed by atoms with van der Waals surface area (Å²) in [6, 6.07) is 10.2. The zero-order chi connectivity index (χ0) is 16.5. The number of hydrogen-bond acceptors (Lipinski definition) is 2. The monoisotopic (exact) mass is 311 g/mol. The molecule has 1 aromatic carbocycles. The van der Waals surface area contributed by atoms with Crippen LogP contribution in [0.25, 0.3) is 4.85 Å². The lowest BCUT2D eigenvalue weighted by Gasteiger charge is -2.40. The van der Waals surface area contributed by atoms with Gasteiger partial charge in [-0.3, -0.25) is 9.64 Å². The lowest BCUT2D eigenvalue weighted by Crippen LogP contribution is -2.47. The van der Waals surface area contributed by atoms with Crippen LogP contribution in [-0.2, 0) is 11.3 Å². The van der Waals surface area contributed by atoms with Gasteiger partial charge in [-0.05, 0) is 37.9 Å². The van der Waals surface area contributed by atoms with Crippen molar-refractivity contribution in [2.24, 2.45) is 5.41 Å². The summed E-state index contributed by atoms with van der Waals surface area (Å²) in [6.07, 6.45) is 4.35. The van der Waals surface area contributed by atoms with E-state index in [0.29, 0.717) is 13.0 Å². The van der Waals surface area contributed by atoms with Gasteiger partial charge in [0.1, 0.15) is 0 Å². The average Bonchev–Trinajstić information content (AvgIpc) is 2.85. The van der Waals surface area contributed by atoms with Crippen LogP contribution in [0.5, 0.6) is 0 Å². The summed E-state index contributed by atoms with van der Waals surface area (Å²) in [5, 5.41) is 0. The highest BCUT2D eigenvalue weighted by atomic mass is 16.2. The summed E-state index contributed by atoms with van der Waals surface area (Å²) in [5.74, 6) is 0.272. The molecule has 2 aliphatic rings. The van der Waals surface area contributed by atoms with Gasteiger partial charge in [0.25, 0.3) is 5.66 Å². The quantitative estimate of drug-likeness (QED) is 0.802. The van der Waals surface area contributed by atoms with Crippen molar-refractivity contribution in [2.45, 2.75) is 44.3 Å². The van der Waals surface area contributed by atoms with E-state index in [1.807, 2.05) is 37.2 Å². The van der Waals surface area contributed by atoms with Gasteiger partial charge in [-0.25, -0.2) is 11.5 Å². The highest BCUT2D eigenvalue weighted by molar-refractivity contribution is 5.79. The molecule has 0 radical (unpaired) electrons. The fourth-order valence-corrected chi connectivity index (χ4v) is 4.10. The average molecular weight is 311 g/mol. The first kappa shape index (κ1) is 16.0. The molecule has 1 spiro atoms. The first-order valence-electron chi connectivity index (χ1n) is 8.36. The minimum atomic E-state index is -0.360. The van der Waals surface area contributed by atoms with E-state index < -0.39 is 0 Å². The molecule has 3 rings (SSSR count). The van der Waals surface area contributed by atoms with Crippen molar-refractivity contribution >= 4 is 5.91 Å². The molecule has 1 aliphatic carbocycles. The van der Waals surface area contributed by atoms with Crippen molar-refractivity contribution in [3.05, 3.63) is 47.3 Å². The number of hydrogen-bond donors (Lipinski definition) is 0. The Hall–Kier alpha value is -1.86. The lowest BCUT2D eigenvalue weighted by molar-refractivity contribution is -0.128. The maximum atomic E-state index is 12.5. The van der Waals surface area contributed by atoms with Crippen molar-refractivity contribution in [3.8, 4) is 0 Å². The van der Waals surface area contributed by atoms with Crippen molar-refractivity contribution < 1.29 is 4.79 Å². The van der Waals surface area contributed by atoms with Crippen LogP contribution in [0.15, 0.2) is 30.3 Å². The highest BCUT2D eigenvalue weighted by Gasteiger charge is 2.52. The molecule has 1 heterocycles. The maximum Gasteiger partial charge on any atom is 0.288 e. The molecule has 1 amide bonds. The molecule has 1 saturated carbocycles. The normalized spacial score (nSPS) is 30.9. The molecule has 1 aliphatic heterocycles. The second-order valence-electron chi connectivity index (χ2n) is 7.40. The van der Waals surface area contributed by atoms with Crippen LogP contribution < -0.4 is 0 Å². The van der Waals surface area contributed by atoms with Gasteiger partial charge in [0.15, 0.2) is 0 Å². The standard InChI is InChI=1S/C19H25N3O/c1-20-19(21(2)3)11-9-18(10-12-19)13-17(23)22(15-18)14-16-7-5-4-6-8-16/h4-8H,9-15H2,2-3H3. The Morgan fingerprint density at radius 2 is 1.83 bits per heavy atom. The van der Waals surface area contributed by atoms with Gasteiger partial charge >= 0.3 is 0 Å². The van der Waals surface area contributed by atoms with Crippen molar-refractivity contribution in [1.29, 1.82) is 0 Å². The zero-order valence-electron chi connectivity index (χ0n) is 14.1. The van der Waals surface area contributed by atoms with Crippen molar-refractivity contribution in [3.63, 3.8) is 0 Å². The highest BCUT2D eigenvalue weighted by Crippen LogP contribution is 2.49. The van der Waals surface area contributed by atoms with Gasteiger partial charge in [0.2, 0.25) is 5.91 Å². The van der Waals surface area contributed by atoms with Crippen LogP contribution in [0.1, 0.15) is 37.7 Å². The third-order valence-electron chi connectivity index (χ3n) is 5.77. The number of carbonyl (C=O) groups is 1. The van der Waals surface area contributed by atoms with Gasteiger partial charge in [0, 0.05) is 32.4 Å². The Labute approximate surface area is 138 Å². The summed E-state index contributed by atoms with van der Waals surface area (Å²) in [6.45, 7) is 9.13. The van der Waals surface area contributed by atoms with E-state index in [-0.39, 0.29) is 17.0 Å². The van der Waals surface area contributed by atoms with Crippen LogP contribution in [-0.4, -0.2) is 42.0 Å². The SMILES string of the molecule is [C-]#[N+]C1(N(C)C)CCC2(CC1)CC(=O)N(Cc1ccccc1)C2. The van der Waals surface area contributed by atoms with Crippen LogP contribution in [0.3, 0.4) is 0 Å². The molecular weight excluding hydrogens is 286 g/mol. The summed E-state index contributed by atoms with van der Waals surface area (Å²) in [5.41, 5.74) is 0.925. The Morgan fingerprint density at radius 3 is 2.39 bits per heavy atom. The van der Waals surface area contributed by atoms with Crippen molar-refractivity contribution in [2.75, 3.05) is 20.6 Å². The Morgan fingerprint density at radius 1 is 1.17 bits per heavy atom. The summed E-state index contributed by atoms with van der Waals surface area (Å²) >= 11 is 0. The van der Waals surface area contributed by atoms with E-state index in [0.717, 1.165) is 32.2 Å². The molecule has 0 aromatic heterocycles. The first-order chi connectivity index (χ1) is 11.0. The molecule has 0 atom stereocenters. The molecule has 0 N–H and O–H groups in total. The van der Waals surface area contributed by atoms with Gasteiger partial charge in [-0.2, -0.15) is 0 Å². The maximum absolute atomic E-state index is 12.5. The third-order valence-corrected chi connectivity index (χ3v) is 5.77. The van der Waals surface area contributed by atoms with Crippen LogP contribution >= 0.6 is 0 Å². The number of benzene rings is 1. The molecule has 4 heteroatoms. The van der Waals surface area contributed by atoms with Crippen LogP contribution in [0, 0.1) is 12.0 Å². The number of rotatable bonds is 3. The van der Waals surface area contributed by atoms with E-state index >= 15 is 0 Å².